The van der Waals surface area contributed by atoms with Gasteiger partial charge < -0.3 is 14.5 Å². The number of fused-ring (bicyclic) bond motifs is 1. The Balaban J connectivity index is 1.68. The van der Waals surface area contributed by atoms with Crippen LogP contribution in [-0.4, -0.2) is 48.0 Å². The lowest BCUT2D eigenvalue weighted by atomic mass is 10.2. The van der Waals surface area contributed by atoms with Crippen LogP contribution in [0.15, 0.2) is 29.2 Å². The van der Waals surface area contributed by atoms with Gasteiger partial charge in [0, 0.05) is 36.3 Å². The molecular formula is C17H24N2O2S. The topological polar surface area (TPSA) is 32.8 Å². The number of thioether (sulfide) groups is 1. The minimum Gasteiger partial charge on any atom is -0.444 e. The van der Waals surface area contributed by atoms with Crippen LogP contribution in [0, 0.1) is 0 Å². The van der Waals surface area contributed by atoms with E-state index in [1.807, 2.05) is 37.4 Å². The monoisotopic (exact) mass is 320 g/mol. The SMILES string of the molecule is CC(C)(C)OC(=O)N1CCC(N2CCSc3ccccc32)C1. The lowest BCUT2D eigenvalue weighted by molar-refractivity contribution is 0.0292. The number of para-hydroxylation sites is 1. The quantitative estimate of drug-likeness (QED) is 0.791. The Bertz CT molecular complexity index is 556. The number of carbonyl (C=O) groups excluding carboxylic acids is 1. The second kappa shape index (κ2) is 6.03. The van der Waals surface area contributed by atoms with E-state index < -0.39 is 5.60 Å². The van der Waals surface area contributed by atoms with E-state index in [1.54, 1.807) is 0 Å². The van der Waals surface area contributed by atoms with E-state index in [9.17, 15) is 4.79 Å². The third-order valence-corrected chi connectivity index (χ3v) is 5.06. The smallest absolute Gasteiger partial charge is 0.410 e. The molecule has 120 valence electrons. The fourth-order valence-corrected chi connectivity index (χ4v) is 4.07. The fraction of sp³-hybridized carbons (Fsp3) is 0.588. The maximum absolute atomic E-state index is 12.2. The van der Waals surface area contributed by atoms with Gasteiger partial charge in [-0.2, -0.15) is 0 Å². The van der Waals surface area contributed by atoms with Gasteiger partial charge in [0.25, 0.3) is 0 Å². The molecule has 1 aromatic carbocycles. The van der Waals surface area contributed by atoms with Crippen LogP contribution in [0.1, 0.15) is 27.2 Å². The maximum atomic E-state index is 12.2. The van der Waals surface area contributed by atoms with Crippen molar-refractivity contribution in [3.63, 3.8) is 0 Å². The number of benzene rings is 1. The van der Waals surface area contributed by atoms with Gasteiger partial charge in [0.05, 0.1) is 5.69 Å². The molecule has 5 heteroatoms. The standard InChI is InChI=1S/C17H24N2O2S/c1-17(2,3)21-16(20)18-9-8-13(12-18)19-10-11-22-15-7-5-4-6-14(15)19/h4-7,13H,8-12H2,1-3H3. The minimum atomic E-state index is -0.427. The van der Waals surface area contributed by atoms with Crippen molar-refractivity contribution in [2.45, 2.75) is 43.7 Å². The number of amides is 1. The summed E-state index contributed by atoms with van der Waals surface area (Å²) in [5, 5.41) is 0. The Morgan fingerprint density at radius 2 is 2.05 bits per heavy atom. The summed E-state index contributed by atoms with van der Waals surface area (Å²) in [6.45, 7) is 8.33. The highest BCUT2D eigenvalue weighted by Gasteiger charge is 2.34. The lowest BCUT2D eigenvalue weighted by Crippen LogP contribution is -2.42. The number of rotatable bonds is 1. The molecular weight excluding hydrogens is 296 g/mol. The van der Waals surface area contributed by atoms with E-state index in [-0.39, 0.29) is 6.09 Å². The zero-order valence-corrected chi connectivity index (χ0v) is 14.4. The predicted molar refractivity (Wildman–Crippen MR) is 90.7 cm³/mol. The Hall–Kier alpha value is -1.36. The first-order valence-electron chi connectivity index (χ1n) is 7.90. The number of likely N-dealkylation sites (tertiary alicyclic amines) is 1. The molecule has 3 rings (SSSR count). The zero-order chi connectivity index (χ0) is 15.7. The first-order valence-corrected chi connectivity index (χ1v) is 8.89. The fourth-order valence-electron chi connectivity index (χ4n) is 3.06. The van der Waals surface area contributed by atoms with Crippen molar-refractivity contribution in [2.75, 3.05) is 30.3 Å². The summed E-state index contributed by atoms with van der Waals surface area (Å²) in [4.78, 5) is 17.9. The molecule has 2 aliphatic heterocycles. The Labute approximate surface area is 136 Å². The number of ether oxygens (including phenoxy) is 1. The summed E-state index contributed by atoms with van der Waals surface area (Å²) in [7, 11) is 0. The van der Waals surface area contributed by atoms with Gasteiger partial charge in [0.1, 0.15) is 5.60 Å². The van der Waals surface area contributed by atoms with E-state index in [1.165, 1.54) is 10.6 Å². The summed E-state index contributed by atoms with van der Waals surface area (Å²) in [6, 6.07) is 8.97. The Morgan fingerprint density at radius 3 is 2.82 bits per heavy atom. The molecule has 0 N–H and O–H groups in total. The Kier molecular flexibility index (Phi) is 4.26. The van der Waals surface area contributed by atoms with E-state index in [0.717, 1.165) is 31.8 Å². The molecule has 1 aromatic rings. The van der Waals surface area contributed by atoms with Crippen LogP contribution in [0.4, 0.5) is 10.5 Å². The number of nitrogens with zero attached hydrogens (tertiary/aromatic N) is 2. The average Bonchev–Trinajstić information content (AvgIpc) is 2.94. The molecule has 0 aliphatic carbocycles. The summed E-state index contributed by atoms with van der Waals surface area (Å²) < 4.78 is 5.49. The van der Waals surface area contributed by atoms with Crippen LogP contribution in [0.3, 0.4) is 0 Å². The summed E-state index contributed by atoms with van der Waals surface area (Å²) >= 11 is 1.92. The molecule has 1 amide bonds. The molecule has 1 atom stereocenters. The number of hydrogen-bond acceptors (Lipinski definition) is 4. The second-order valence-electron chi connectivity index (χ2n) is 6.88. The molecule has 1 fully saturated rings. The lowest BCUT2D eigenvalue weighted by Gasteiger charge is -2.35. The number of hydrogen-bond donors (Lipinski definition) is 0. The van der Waals surface area contributed by atoms with Crippen molar-refractivity contribution in [2.24, 2.45) is 0 Å². The Morgan fingerprint density at radius 1 is 1.27 bits per heavy atom. The van der Waals surface area contributed by atoms with Gasteiger partial charge in [-0.1, -0.05) is 12.1 Å². The summed E-state index contributed by atoms with van der Waals surface area (Å²) in [5.41, 5.74) is 0.888. The largest absolute Gasteiger partial charge is 0.444 e. The molecule has 2 aliphatic rings. The normalized spacial score (nSPS) is 21.7. The molecule has 0 spiro atoms. The third-order valence-electron chi connectivity index (χ3n) is 4.02. The first kappa shape index (κ1) is 15.5. The van der Waals surface area contributed by atoms with Gasteiger partial charge >= 0.3 is 6.09 Å². The molecule has 22 heavy (non-hydrogen) atoms. The molecule has 0 radical (unpaired) electrons. The van der Waals surface area contributed by atoms with Crippen molar-refractivity contribution in [3.8, 4) is 0 Å². The highest BCUT2D eigenvalue weighted by Crippen LogP contribution is 2.37. The number of anilines is 1. The molecule has 0 aromatic heterocycles. The minimum absolute atomic E-state index is 0.185. The summed E-state index contributed by atoms with van der Waals surface area (Å²) in [6.07, 6.45) is 0.827. The van der Waals surface area contributed by atoms with Crippen LogP contribution in [-0.2, 0) is 4.74 Å². The molecule has 0 saturated carbocycles. The van der Waals surface area contributed by atoms with E-state index in [0.29, 0.717) is 6.04 Å². The van der Waals surface area contributed by atoms with Crippen molar-refractivity contribution in [1.82, 2.24) is 4.90 Å². The van der Waals surface area contributed by atoms with E-state index in [2.05, 4.69) is 29.2 Å². The van der Waals surface area contributed by atoms with Crippen LogP contribution in [0.5, 0.6) is 0 Å². The second-order valence-corrected chi connectivity index (χ2v) is 8.02. The van der Waals surface area contributed by atoms with Crippen molar-refractivity contribution in [1.29, 1.82) is 0 Å². The van der Waals surface area contributed by atoms with Gasteiger partial charge in [0.15, 0.2) is 0 Å². The summed E-state index contributed by atoms with van der Waals surface area (Å²) in [5.74, 6) is 1.11. The predicted octanol–water partition coefficient (Wildman–Crippen LogP) is 3.61. The van der Waals surface area contributed by atoms with Gasteiger partial charge in [-0.05, 0) is 39.3 Å². The molecule has 4 nitrogen and oxygen atoms in total. The van der Waals surface area contributed by atoms with Crippen LogP contribution in [0.2, 0.25) is 0 Å². The molecule has 1 unspecified atom stereocenters. The third kappa shape index (κ3) is 3.35. The van der Waals surface area contributed by atoms with Gasteiger partial charge in [0.2, 0.25) is 0 Å². The van der Waals surface area contributed by atoms with Crippen molar-refractivity contribution in [3.05, 3.63) is 24.3 Å². The van der Waals surface area contributed by atoms with Crippen LogP contribution >= 0.6 is 11.8 Å². The highest BCUT2D eigenvalue weighted by molar-refractivity contribution is 7.99. The molecule has 0 bridgehead atoms. The molecule has 2 heterocycles. The first-order chi connectivity index (χ1) is 10.4. The molecule has 1 saturated heterocycles. The average molecular weight is 320 g/mol. The van der Waals surface area contributed by atoms with Crippen LogP contribution < -0.4 is 4.90 Å². The van der Waals surface area contributed by atoms with Gasteiger partial charge in [-0.25, -0.2) is 4.79 Å². The van der Waals surface area contributed by atoms with Gasteiger partial charge in [-0.15, -0.1) is 11.8 Å². The van der Waals surface area contributed by atoms with Gasteiger partial charge in [-0.3, -0.25) is 0 Å². The van der Waals surface area contributed by atoms with E-state index >= 15 is 0 Å². The van der Waals surface area contributed by atoms with Crippen molar-refractivity contribution < 1.29 is 9.53 Å². The maximum Gasteiger partial charge on any atom is 0.410 e. The highest BCUT2D eigenvalue weighted by atomic mass is 32.2. The van der Waals surface area contributed by atoms with Crippen molar-refractivity contribution >= 4 is 23.5 Å². The zero-order valence-electron chi connectivity index (χ0n) is 13.5. The van der Waals surface area contributed by atoms with Crippen LogP contribution in [0.25, 0.3) is 0 Å². The number of carbonyl (C=O) groups is 1. The van der Waals surface area contributed by atoms with E-state index in [4.69, 9.17) is 4.74 Å².